The maximum Gasteiger partial charge on any atom is 0.317 e. The van der Waals surface area contributed by atoms with Crippen molar-refractivity contribution >= 4 is 17.6 Å². The summed E-state index contributed by atoms with van der Waals surface area (Å²) in [5.74, 6) is 0.189. The Hall–Kier alpha value is -2.05. The fourth-order valence-corrected chi connectivity index (χ4v) is 3.10. The number of hydrogen-bond acceptors (Lipinski definition) is 3. The van der Waals surface area contributed by atoms with Gasteiger partial charge in [-0.1, -0.05) is 23.7 Å². The molecule has 2 atom stereocenters. The Kier molecular flexibility index (Phi) is 5.37. The van der Waals surface area contributed by atoms with Crippen LogP contribution in [0.5, 0.6) is 0 Å². The monoisotopic (exact) mass is 348 g/mol. The topological polar surface area (TPSA) is 70.4 Å². The van der Waals surface area contributed by atoms with E-state index >= 15 is 0 Å². The van der Waals surface area contributed by atoms with Crippen molar-refractivity contribution in [1.29, 1.82) is 0 Å². The van der Waals surface area contributed by atoms with Crippen molar-refractivity contribution in [3.05, 3.63) is 53.3 Å². The van der Waals surface area contributed by atoms with Crippen LogP contribution in [0.15, 0.2) is 42.7 Å². The Bertz CT molecular complexity index is 660. The maximum absolute atomic E-state index is 12.3. The third-order valence-electron chi connectivity index (χ3n) is 4.38. The predicted octanol–water partition coefficient (Wildman–Crippen LogP) is 2.15. The molecule has 1 saturated heterocycles. The number of benzene rings is 1. The summed E-state index contributed by atoms with van der Waals surface area (Å²) in [4.78, 5) is 14.1. The third-order valence-corrected chi connectivity index (χ3v) is 4.63. The molecule has 0 saturated carbocycles. The molecule has 128 valence electrons. The van der Waals surface area contributed by atoms with Crippen molar-refractivity contribution in [1.82, 2.24) is 20.0 Å². The van der Waals surface area contributed by atoms with Crippen molar-refractivity contribution in [2.45, 2.75) is 12.5 Å². The molecular weight excluding hydrogens is 328 g/mol. The van der Waals surface area contributed by atoms with Crippen LogP contribution >= 0.6 is 11.6 Å². The minimum atomic E-state index is -0.0999. The number of amides is 2. The first-order valence-electron chi connectivity index (χ1n) is 8.05. The molecule has 6 nitrogen and oxygen atoms in total. The van der Waals surface area contributed by atoms with Gasteiger partial charge in [-0.25, -0.2) is 4.79 Å². The van der Waals surface area contributed by atoms with Crippen molar-refractivity contribution in [3.8, 4) is 0 Å². The summed E-state index contributed by atoms with van der Waals surface area (Å²) < 4.78 is 1.82. The van der Waals surface area contributed by atoms with Crippen LogP contribution in [0.3, 0.4) is 0 Å². The molecule has 1 aromatic heterocycles. The number of aliphatic hydroxyl groups is 1. The molecule has 2 aromatic rings. The Morgan fingerprint density at radius 3 is 2.83 bits per heavy atom. The van der Waals surface area contributed by atoms with E-state index < -0.39 is 0 Å². The Morgan fingerprint density at radius 2 is 2.21 bits per heavy atom. The summed E-state index contributed by atoms with van der Waals surface area (Å²) >= 11 is 5.96. The molecule has 0 bridgehead atoms. The molecule has 1 aromatic carbocycles. The van der Waals surface area contributed by atoms with Crippen LogP contribution in [0.2, 0.25) is 5.02 Å². The van der Waals surface area contributed by atoms with Crippen LogP contribution in [0, 0.1) is 5.92 Å². The fourth-order valence-electron chi connectivity index (χ4n) is 2.98. The van der Waals surface area contributed by atoms with E-state index in [1.807, 2.05) is 41.2 Å². The molecule has 1 aliphatic heterocycles. The second-order valence-electron chi connectivity index (χ2n) is 6.02. The summed E-state index contributed by atoms with van der Waals surface area (Å²) in [5.41, 5.74) is 1.03. The summed E-state index contributed by atoms with van der Waals surface area (Å²) in [5, 5.41) is 17.2. The lowest BCUT2D eigenvalue weighted by molar-refractivity contribution is 0.197. The van der Waals surface area contributed by atoms with E-state index in [0.29, 0.717) is 24.7 Å². The van der Waals surface area contributed by atoms with E-state index in [1.165, 1.54) is 0 Å². The van der Waals surface area contributed by atoms with Crippen molar-refractivity contribution in [2.24, 2.45) is 5.92 Å². The average molecular weight is 349 g/mol. The summed E-state index contributed by atoms with van der Waals surface area (Å²) in [6.07, 6.45) is 4.45. The predicted molar refractivity (Wildman–Crippen MR) is 92.0 cm³/mol. The van der Waals surface area contributed by atoms with Crippen molar-refractivity contribution in [2.75, 3.05) is 26.2 Å². The lowest BCUT2D eigenvalue weighted by Crippen LogP contribution is -2.41. The lowest BCUT2D eigenvalue weighted by atomic mass is 10.1. The number of likely N-dealkylation sites (tertiary alicyclic amines) is 1. The number of urea groups is 1. The number of hydrogen-bond donors (Lipinski definition) is 2. The summed E-state index contributed by atoms with van der Waals surface area (Å²) in [7, 11) is 0. The highest BCUT2D eigenvalue weighted by Crippen LogP contribution is 2.20. The zero-order valence-corrected chi connectivity index (χ0v) is 14.1. The molecule has 2 heterocycles. The number of carbonyl (C=O) groups is 1. The summed E-state index contributed by atoms with van der Waals surface area (Å²) in [6.45, 7) is 1.85. The van der Waals surface area contributed by atoms with E-state index in [-0.39, 0.29) is 24.6 Å². The van der Waals surface area contributed by atoms with Gasteiger partial charge in [-0.2, -0.15) is 5.10 Å². The number of aliphatic hydroxyl groups excluding tert-OH is 1. The quantitative estimate of drug-likeness (QED) is 0.869. The van der Waals surface area contributed by atoms with E-state index in [1.54, 1.807) is 11.1 Å². The van der Waals surface area contributed by atoms with Crippen molar-refractivity contribution < 1.29 is 9.90 Å². The van der Waals surface area contributed by atoms with Gasteiger partial charge in [0.15, 0.2) is 0 Å². The van der Waals surface area contributed by atoms with Gasteiger partial charge in [0.25, 0.3) is 0 Å². The first kappa shape index (κ1) is 16.8. The normalized spacial score (nSPS) is 18.6. The number of nitrogens with zero attached hydrogens (tertiary/aromatic N) is 3. The van der Waals surface area contributed by atoms with Gasteiger partial charge in [0, 0.05) is 49.6 Å². The number of rotatable bonds is 5. The SMILES string of the molecule is O=C(NCC(c1ccc(Cl)cc1)n1cccn1)N1CCC(CO)C1. The van der Waals surface area contributed by atoms with Crippen molar-refractivity contribution in [3.63, 3.8) is 0 Å². The van der Waals surface area contributed by atoms with E-state index in [9.17, 15) is 9.90 Å². The second kappa shape index (κ2) is 7.68. The minimum Gasteiger partial charge on any atom is -0.396 e. The van der Waals surface area contributed by atoms with Crippen LogP contribution in [0.25, 0.3) is 0 Å². The van der Waals surface area contributed by atoms with Gasteiger partial charge in [-0.15, -0.1) is 0 Å². The first-order chi connectivity index (χ1) is 11.7. The zero-order chi connectivity index (χ0) is 16.9. The van der Waals surface area contributed by atoms with Gasteiger partial charge < -0.3 is 15.3 Å². The largest absolute Gasteiger partial charge is 0.396 e. The smallest absolute Gasteiger partial charge is 0.317 e. The molecule has 0 spiro atoms. The molecule has 2 N–H and O–H groups in total. The van der Waals surface area contributed by atoms with E-state index in [0.717, 1.165) is 12.0 Å². The number of aromatic nitrogens is 2. The molecule has 1 aliphatic rings. The van der Waals surface area contributed by atoms with Crippen LogP contribution in [0.4, 0.5) is 4.79 Å². The molecule has 1 fully saturated rings. The Balaban J connectivity index is 1.67. The van der Waals surface area contributed by atoms with Gasteiger partial charge in [0.05, 0.1) is 6.04 Å². The Morgan fingerprint density at radius 1 is 1.42 bits per heavy atom. The molecule has 2 unspecified atom stereocenters. The molecule has 24 heavy (non-hydrogen) atoms. The van der Waals surface area contributed by atoms with Gasteiger partial charge in [0.2, 0.25) is 0 Å². The number of carbonyl (C=O) groups excluding carboxylic acids is 1. The third kappa shape index (κ3) is 3.88. The van der Waals surface area contributed by atoms with Gasteiger partial charge in [-0.3, -0.25) is 4.68 Å². The highest BCUT2D eigenvalue weighted by molar-refractivity contribution is 6.30. The standard InChI is InChI=1S/C17H21ClN4O2/c18-15-4-2-14(3-5-15)16(22-8-1-7-20-22)10-19-17(24)21-9-6-13(11-21)12-23/h1-5,7-8,13,16,23H,6,9-12H2,(H,19,24). The lowest BCUT2D eigenvalue weighted by Gasteiger charge is -2.22. The fraction of sp³-hybridized carbons (Fsp3) is 0.412. The molecule has 2 amide bonds. The van der Waals surface area contributed by atoms with Gasteiger partial charge in [-0.05, 0) is 30.2 Å². The van der Waals surface area contributed by atoms with E-state index in [4.69, 9.17) is 11.6 Å². The highest BCUT2D eigenvalue weighted by atomic mass is 35.5. The Labute approximate surface area is 146 Å². The second-order valence-corrected chi connectivity index (χ2v) is 6.46. The maximum atomic E-state index is 12.3. The molecular formula is C17H21ClN4O2. The molecule has 3 rings (SSSR count). The van der Waals surface area contributed by atoms with Crippen LogP contribution < -0.4 is 5.32 Å². The molecule has 0 aliphatic carbocycles. The highest BCUT2D eigenvalue weighted by Gasteiger charge is 2.26. The number of nitrogens with one attached hydrogen (secondary N) is 1. The van der Waals surface area contributed by atoms with E-state index in [2.05, 4.69) is 10.4 Å². The van der Waals surface area contributed by atoms with Gasteiger partial charge in [0.1, 0.15) is 0 Å². The van der Waals surface area contributed by atoms with Crippen LogP contribution in [-0.2, 0) is 0 Å². The summed E-state index contributed by atoms with van der Waals surface area (Å²) in [6, 6.07) is 9.21. The average Bonchev–Trinajstić information content (AvgIpc) is 3.28. The van der Waals surface area contributed by atoms with Gasteiger partial charge >= 0.3 is 6.03 Å². The first-order valence-corrected chi connectivity index (χ1v) is 8.43. The minimum absolute atomic E-state index is 0.0996. The van der Waals surface area contributed by atoms with Crippen LogP contribution in [0.1, 0.15) is 18.0 Å². The number of halogens is 1. The van der Waals surface area contributed by atoms with Crippen LogP contribution in [-0.4, -0.2) is 52.1 Å². The zero-order valence-electron chi connectivity index (χ0n) is 13.3. The molecule has 7 heteroatoms. The molecule has 0 radical (unpaired) electrons.